The van der Waals surface area contributed by atoms with Crippen LogP contribution in [0.15, 0.2) is 41.1 Å². The van der Waals surface area contributed by atoms with Gasteiger partial charge in [0.15, 0.2) is 5.65 Å². The van der Waals surface area contributed by atoms with Crippen LogP contribution in [-0.2, 0) is 0 Å². The van der Waals surface area contributed by atoms with E-state index in [1.54, 1.807) is 6.20 Å². The molecule has 1 aromatic carbocycles. The van der Waals surface area contributed by atoms with E-state index in [0.717, 1.165) is 46.8 Å². The van der Waals surface area contributed by atoms with Crippen LogP contribution in [0.5, 0.6) is 0 Å². The zero-order valence-electron chi connectivity index (χ0n) is 14.7. The Kier molecular flexibility index (Phi) is 4.39. The van der Waals surface area contributed by atoms with E-state index in [-0.39, 0.29) is 0 Å². The number of imidazole rings is 1. The van der Waals surface area contributed by atoms with Crippen molar-refractivity contribution in [3.05, 3.63) is 46.7 Å². The maximum Gasteiger partial charge on any atom is 0.212 e. The van der Waals surface area contributed by atoms with Gasteiger partial charge in [0.05, 0.1) is 21.8 Å². The summed E-state index contributed by atoms with van der Waals surface area (Å²) in [4.78, 5) is 14.1. The number of rotatable bonds is 3. The summed E-state index contributed by atoms with van der Waals surface area (Å²) >= 11 is 3.67. The van der Waals surface area contributed by atoms with Crippen molar-refractivity contribution in [1.29, 1.82) is 5.26 Å². The summed E-state index contributed by atoms with van der Waals surface area (Å²) < 4.78 is 2.90. The molecule has 2 aromatic heterocycles. The third-order valence-electron chi connectivity index (χ3n) is 4.94. The summed E-state index contributed by atoms with van der Waals surface area (Å²) in [6.45, 7) is 1.92. The first-order chi connectivity index (χ1) is 12.6. The Bertz CT molecular complexity index is 986. The molecule has 1 unspecified atom stereocenters. The van der Waals surface area contributed by atoms with E-state index in [4.69, 9.17) is 10.2 Å². The maximum atomic E-state index is 9.03. The molecule has 0 spiro atoms. The fourth-order valence-corrected chi connectivity index (χ4v) is 4.01. The lowest BCUT2D eigenvalue weighted by molar-refractivity contribution is 0.315. The molecule has 0 radical (unpaired) electrons. The Labute approximate surface area is 160 Å². The highest BCUT2D eigenvalue weighted by molar-refractivity contribution is 9.10. The van der Waals surface area contributed by atoms with Gasteiger partial charge < -0.3 is 9.80 Å². The maximum absolute atomic E-state index is 9.03. The topological polar surface area (TPSA) is 60.5 Å². The lowest BCUT2D eigenvalue weighted by Crippen LogP contribution is -2.32. The van der Waals surface area contributed by atoms with Gasteiger partial charge in [-0.15, -0.1) is 0 Å². The molecular formula is C19H19BrN6. The molecule has 1 saturated heterocycles. The van der Waals surface area contributed by atoms with Crippen LogP contribution in [0.25, 0.3) is 16.9 Å². The number of likely N-dealkylation sites (N-methyl/N-ethyl adjacent to an activating group) is 1. The second-order valence-electron chi connectivity index (χ2n) is 6.74. The molecule has 0 bridgehead atoms. The molecule has 0 amide bonds. The molecule has 1 aliphatic heterocycles. The Morgan fingerprint density at radius 3 is 2.69 bits per heavy atom. The monoisotopic (exact) mass is 410 g/mol. The van der Waals surface area contributed by atoms with Crippen molar-refractivity contribution in [2.24, 2.45) is 0 Å². The van der Waals surface area contributed by atoms with Crippen LogP contribution in [0, 0.1) is 11.3 Å². The zero-order chi connectivity index (χ0) is 18.3. The van der Waals surface area contributed by atoms with Crippen LogP contribution in [0.1, 0.15) is 12.0 Å². The third-order valence-corrected chi connectivity index (χ3v) is 5.67. The van der Waals surface area contributed by atoms with E-state index in [9.17, 15) is 0 Å². The van der Waals surface area contributed by atoms with Gasteiger partial charge in [0.25, 0.3) is 0 Å². The number of nitriles is 1. The Morgan fingerprint density at radius 1 is 1.27 bits per heavy atom. The predicted octanol–water partition coefficient (Wildman–Crippen LogP) is 3.17. The molecule has 0 saturated carbocycles. The van der Waals surface area contributed by atoms with Gasteiger partial charge in [-0.1, -0.05) is 12.1 Å². The number of halogens is 1. The zero-order valence-corrected chi connectivity index (χ0v) is 16.3. The van der Waals surface area contributed by atoms with Gasteiger partial charge >= 0.3 is 0 Å². The minimum atomic E-state index is 0.525. The molecule has 7 heteroatoms. The molecule has 132 valence electrons. The van der Waals surface area contributed by atoms with Crippen LogP contribution < -0.4 is 4.90 Å². The van der Waals surface area contributed by atoms with Crippen LogP contribution in [0.3, 0.4) is 0 Å². The largest absolute Gasteiger partial charge is 0.340 e. The van der Waals surface area contributed by atoms with Gasteiger partial charge in [-0.05, 0) is 48.6 Å². The van der Waals surface area contributed by atoms with Crippen LogP contribution in [0.4, 0.5) is 5.95 Å². The molecular weight excluding hydrogens is 392 g/mol. The van der Waals surface area contributed by atoms with Crippen molar-refractivity contribution in [2.75, 3.05) is 32.1 Å². The molecule has 1 atom stereocenters. The lowest BCUT2D eigenvalue weighted by Gasteiger charge is -2.22. The molecule has 26 heavy (non-hydrogen) atoms. The number of hydrogen-bond acceptors (Lipinski definition) is 5. The average molecular weight is 411 g/mol. The highest BCUT2D eigenvalue weighted by Crippen LogP contribution is 2.33. The average Bonchev–Trinajstić information content (AvgIpc) is 3.32. The number of anilines is 1. The molecule has 1 fully saturated rings. The second-order valence-corrected chi connectivity index (χ2v) is 7.53. The van der Waals surface area contributed by atoms with Crippen molar-refractivity contribution in [3.63, 3.8) is 0 Å². The molecule has 3 heterocycles. The van der Waals surface area contributed by atoms with Gasteiger partial charge in [-0.2, -0.15) is 5.26 Å². The van der Waals surface area contributed by atoms with Crippen molar-refractivity contribution in [2.45, 2.75) is 12.5 Å². The Hall–Kier alpha value is -2.43. The van der Waals surface area contributed by atoms with E-state index in [1.165, 1.54) is 0 Å². The fraction of sp³-hybridized carbons (Fsp3) is 0.316. The first-order valence-corrected chi connectivity index (χ1v) is 9.32. The van der Waals surface area contributed by atoms with Crippen molar-refractivity contribution >= 4 is 27.5 Å². The fourth-order valence-electron chi connectivity index (χ4n) is 3.40. The van der Waals surface area contributed by atoms with E-state index < -0.39 is 0 Å². The predicted molar refractivity (Wildman–Crippen MR) is 105 cm³/mol. The lowest BCUT2D eigenvalue weighted by atomic mass is 10.1. The minimum absolute atomic E-state index is 0.525. The van der Waals surface area contributed by atoms with E-state index >= 15 is 0 Å². The van der Waals surface area contributed by atoms with Crippen molar-refractivity contribution < 1.29 is 0 Å². The summed E-state index contributed by atoms with van der Waals surface area (Å²) in [5.41, 5.74) is 3.30. The number of nitrogens with zero attached hydrogens (tertiary/aromatic N) is 6. The van der Waals surface area contributed by atoms with E-state index in [2.05, 4.69) is 50.9 Å². The molecule has 0 aliphatic carbocycles. The van der Waals surface area contributed by atoms with Gasteiger partial charge in [0.2, 0.25) is 5.95 Å². The second kappa shape index (κ2) is 6.71. The number of fused-ring (bicyclic) bond motifs is 1. The Morgan fingerprint density at radius 2 is 2.04 bits per heavy atom. The van der Waals surface area contributed by atoms with Crippen LogP contribution >= 0.6 is 15.9 Å². The van der Waals surface area contributed by atoms with E-state index in [1.807, 2.05) is 34.9 Å². The molecule has 3 aromatic rings. The summed E-state index contributed by atoms with van der Waals surface area (Å²) in [5.74, 6) is 0.907. The minimum Gasteiger partial charge on any atom is -0.340 e. The highest BCUT2D eigenvalue weighted by atomic mass is 79.9. The number of hydrogen-bond donors (Lipinski definition) is 0. The molecule has 0 N–H and O–H groups in total. The van der Waals surface area contributed by atoms with Gasteiger partial charge in [-0.3, -0.25) is 4.40 Å². The van der Waals surface area contributed by atoms with Crippen LogP contribution in [-0.4, -0.2) is 52.5 Å². The first kappa shape index (κ1) is 17.0. The molecule has 6 nitrogen and oxygen atoms in total. The van der Waals surface area contributed by atoms with Crippen molar-refractivity contribution in [1.82, 2.24) is 19.3 Å². The van der Waals surface area contributed by atoms with Crippen molar-refractivity contribution in [3.8, 4) is 17.3 Å². The normalized spacial score (nSPS) is 17.2. The Balaban J connectivity index is 1.82. The SMILES string of the molecule is CN(C)C1CCN(c2nc(-c3ccc(C#N)cc3)c(Br)c3nccn23)C1. The van der Waals surface area contributed by atoms with Gasteiger partial charge in [-0.25, -0.2) is 9.97 Å². The summed E-state index contributed by atoms with van der Waals surface area (Å²) in [6, 6.07) is 10.2. The summed E-state index contributed by atoms with van der Waals surface area (Å²) in [7, 11) is 4.25. The number of benzene rings is 1. The summed E-state index contributed by atoms with van der Waals surface area (Å²) in [6.07, 6.45) is 4.87. The summed E-state index contributed by atoms with van der Waals surface area (Å²) in [5, 5.41) is 9.03. The van der Waals surface area contributed by atoms with E-state index in [0.29, 0.717) is 11.6 Å². The molecule has 1 aliphatic rings. The smallest absolute Gasteiger partial charge is 0.212 e. The van der Waals surface area contributed by atoms with Gasteiger partial charge in [0.1, 0.15) is 0 Å². The number of aromatic nitrogens is 3. The first-order valence-electron chi connectivity index (χ1n) is 8.53. The standard InChI is InChI=1S/C19H19BrN6/c1-24(2)15-7-9-25(12-15)19-23-17(14-5-3-13(11-21)4-6-14)16(20)18-22-8-10-26(18)19/h3-6,8,10,15H,7,9,12H2,1-2H3. The van der Waals surface area contributed by atoms with Gasteiger partial charge in [0, 0.05) is 37.1 Å². The quantitative estimate of drug-likeness (QED) is 0.663. The third kappa shape index (κ3) is 2.85. The van der Waals surface area contributed by atoms with Crippen LogP contribution in [0.2, 0.25) is 0 Å². The molecule has 4 rings (SSSR count). The highest BCUT2D eigenvalue weighted by Gasteiger charge is 2.27.